The van der Waals surface area contributed by atoms with Gasteiger partial charge in [0.25, 0.3) is 17.4 Å². The van der Waals surface area contributed by atoms with Crippen LogP contribution in [0.1, 0.15) is 63.3 Å². The van der Waals surface area contributed by atoms with Crippen molar-refractivity contribution in [1.82, 2.24) is 20.7 Å². The Hall–Kier alpha value is -4.37. The van der Waals surface area contributed by atoms with Crippen LogP contribution in [0.25, 0.3) is 0 Å². The molecule has 4 aliphatic rings. The second-order valence-electron chi connectivity index (χ2n) is 13.6. The molecule has 2 aliphatic heterocycles. The van der Waals surface area contributed by atoms with Gasteiger partial charge in [0.05, 0.1) is 5.54 Å². The number of nitrogen functional groups attached to an aromatic ring is 1. The van der Waals surface area contributed by atoms with E-state index in [1.165, 1.54) is 26.2 Å². The first kappa shape index (κ1) is 35.5. The monoisotopic (exact) mass is 734 g/mol. The Morgan fingerprint density at radius 1 is 1.24 bits per heavy atom. The molecule has 50 heavy (non-hydrogen) atoms. The van der Waals surface area contributed by atoms with Crippen molar-refractivity contribution in [3.05, 3.63) is 40.4 Å². The molecule has 1 aromatic carbocycles. The van der Waals surface area contributed by atoms with Crippen LogP contribution >= 0.6 is 11.3 Å². The molecule has 0 unspecified atom stereocenters. The van der Waals surface area contributed by atoms with Crippen LogP contribution in [0.15, 0.2) is 28.7 Å². The Morgan fingerprint density at radius 2 is 1.98 bits per heavy atom. The number of hydroxylamine groups is 2. The molecule has 3 heterocycles. The lowest BCUT2D eigenvalue weighted by Gasteiger charge is -2.50. The quantitative estimate of drug-likeness (QED) is 0.0546. The number of hydrogen-bond donors (Lipinski definition) is 7. The number of aromatic nitrogens is 1. The van der Waals surface area contributed by atoms with Crippen LogP contribution in [0.5, 0.6) is 5.75 Å². The van der Waals surface area contributed by atoms with Gasteiger partial charge in [-0.1, -0.05) is 5.16 Å². The molecule has 18 nitrogen and oxygen atoms in total. The van der Waals surface area contributed by atoms with Crippen molar-refractivity contribution in [2.75, 3.05) is 5.73 Å². The summed E-state index contributed by atoms with van der Waals surface area (Å²) in [5, 5.41) is 30.5. The molecular weight excluding hydrogens is 697 g/mol. The van der Waals surface area contributed by atoms with Crippen LogP contribution in [0.4, 0.5) is 5.13 Å². The molecule has 1 saturated heterocycles. The van der Waals surface area contributed by atoms with E-state index in [-0.39, 0.29) is 29.3 Å². The fraction of sp³-hybridized carbons (Fsp3) is 0.533. The molecule has 0 radical (unpaired) electrons. The minimum Gasteiger partial charge on any atom is -0.485 e. The molecule has 0 spiro atoms. The van der Waals surface area contributed by atoms with Crippen molar-refractivity contribution in [1.29, 1.82) is 5.41 Å². The fourth-order valence-corrected chi connectivity index (χ4v) is 7.77. The van der Waals surface area contributed by atoms with Gasteiger partial charge in [-0.2, -0.15) is 13.5 Å². The summed E-state index contributed by atoms with van der Waals surface area (Å²) in [5.74, 6) is -1.73. The number of thiazole rings is 1. The lowest BCUT2D eigenvalue weighted by Crippen LogP contribution is -2.76. The van der Waals surface area contributed by atoms with E-state index in [0.29, 0.717) is 40.5 Å². The van der Waals surface area contributed by atoms with E-state index in [4.69, 9.17) is 31.0 Å². The van der Waals surface area contributed by atoms with Crippen molar-refractivity contribution in [3.8, 4) is 5.75 Å². The molecule has 7 atom stereocenters. The molecule has 20 heteroatoms. The second kappa shape index (κ2) is 12.7. The van der Waals surface area contributed by atoms with Gasteiger partial charge in [-0.3, -0.25) is 19.6 Å². The Balaban J connectivity index is 1.17. The summed E-state index contributed by atoms with van der Waals surface area (Å²) in [6, 6.07) is 4.36. The van der Waals surface area contributed by atoms with Crippen molar-refractivity contribution in [2.24, 2.45) is 22.7 Å². The summed E-state index contributed by atoms with van der Waals surface area (Å²) in [4.78, 5) is 48.4. The largest absolute Gasteiger partial charge is 0.485 e. The Labute approximate surface area is 290 Å². The van der Waals surface area contributed by atoms with E-state index in [0.717, 1.165) is 36.2 Å². The normalized spacial score (nSPS) is 28.1. The molecule has 2 amide bonds. The van der Waals surface area contributed by atoms with Gasteiger partial charge >= 0.3 is 16.4 Å². The number of amidine groups is 1. The van der Waals surface area contributed by atoms with Crippen LogP contribution < -0.4 is 26.8 Å². The van der Waals surface area contributed by atoms with Crippen LogP contribution in [-0.2, 0) is 40.3 Å². The summed E-state index contributed by atoms with van der Waals surface area (Å²) >= 11 is 0.966. The number of anilines is 1. The molecule has 6 rings (SSSR count). The summed E-state index contributed by atoms with van der Waals surface area (Å²) in [7, 11) is -5.03. The number of rotatable bonds is 11. The highest BCUT2D eigenvalue weighted by Crippen LogP contribution is 2.49. The maximum Gasteiger partial charge on any atom is 0.418 e. The number of carboxylic acids is 1. The minimum atomic E-state index is -5.03. The van der Waals surface area contributed by atoms with E-state index >= 15 is 0 Å². The number of aryl methyl sites for hydroxylation is 1. The first-order chi connectivity index (χ1) is 23.4. The number of ether oxygens (including phenoxy) is 1. The molecule has 2 saturated carbocycles. The van der Waals surface area contributed by atoms with Gasteiger partial charge in [-0.05, 0) is 88.5 Å². The third-order valence-corrected chi connectivity index (χ3v) is 10.9. The van der Waals surface area contributed by atoms with E-state index in [1.54, 1.807) is 12.1 Å². The van der Waals surface area contributed by atoms with E-state index in [1.807, 2.05) is 6.07 Å². The third kappa shape index (κ3) is 6.72. The SMILES string of the molecule is CC1(C)[C@H](NC(=O)/C(=N\O[C@](C)(C(=O)O)[C@H]2CCc3cc(C(=N)N[C@@H]4CC[C@H](N)[C@H]5C[C@H]54)ccc3O2)c2csc(N)n2)C(=O)N1OS(=O)(=O)O. The number of amides is 2. The second-order valence-corrected chi connectivity index (χ2v) is 15.5. The highest BCUT2D eigenvalue weighted by Gasteiger charge is 2.58. The van der Waals surface area contributed by atoms with Gasteiger partial charge in [0.1, 0.15) is 23.3 Å². The van der Waals surface area contributed by atoms with Crippen LogP contribution in [-0.4, -0.2) is 92.8 Å². The minimum absolute atomic E-state index is 0.0591. The Bertz CT molecular complexity index is 1880. The zero-order valence-electron chi connectivity index (χ0n) is 27.3. The summed E-state index contributed by atoms with van der Waals surface area (Å²) in [6.07, 6.45) is 2.45. The number of hydrogen-bond acceptors (Lipinski definition) is 14. The van der Waals surface area contributed by atoms with E-state index < -0.39 is 57.2 Å². The number of oxime groups is 1. The molecule has 0 bridgehead atoms. The highest BCUT2D eigenvalue weighted by molar-refractivity contribution is 7.80. The molecular formula is C30H38N8O10S2. The third-order valence-electron chi connectivity index (χ3n) is 9.86. The molecule has 2 aromatic rings. The molecule has 270 valence electrons. The van der Waals surface area contributed by atoms with Gasteiger partial charge in [0.2, 0.25) is 0 Å². The number of fused-ring (bicyclic) bond motifs is 2. The predicted octanol–water partition coefficient (Wildman–Crippen LogP) is 0.564. The zero-order chi connectivity index (χ0) is 36.3. The Kier molecular flexibility index (Phi) is 9.04. The number of carbonyl (C=O) groups excluding carboxylic acids is 2. The number of carbonyl (C=O) groups is 3. The van der Waals surface area contributed by atoms with Gasteiger partial charge in [0.15, 0.2) is 16.9 Å². The number of nitrogens with zero attached hydrogens (tertiary/aromatic N) is 3. The van der Waals surface area contributed by atoms with Crippen molar-refractivity contribution in [2.45, 2.75) is 88.2 Å². The topological polar surface area (TPSA) is 282 Å². The first-order valence-corrected chi connectivity index (χ1v) is 18.1. The lowest BCUT2D eigenvalue weighted by atomic mass is 9.84. The first-order valence-electron chi connectivity index (χ1n) is 15.8. The molecule has 3 fully saturated rings. The van der Waals surface area contributed by atoms with E-state index in [9.17, 15) is 27.9 Å². The number of nitrogens with one attached hydrogen (secondary N) is 3. The maximum absolute atomic E-state index is 13.5. The van der Waals surface area contributed by atoms with Gasteiger partial charge in [0, 0.05) is 23.0 Å². The highest BCUT2D eigenvalue weighted by atomic mass is 32.3. The lowest BCUT2D eigenvalue weighted by molar-refractivity contribution is -0.218. The summed E-state index contributed by atoms with van der Waals surface area (Å²) < 4.78 is 41.8. The average Bonchev–Trinajstić information content (AvgIpc) is 3.77. The Morgan fingerprint density at radius 3 is 2.62 bits per heavy atom. The van der Waals surface area contributed by atoms with Gasteiger partial charge < -0.3 is 36.8 Å². The zero-order valence-corrected chi connectivity index (χ0v) is 28.9. The number of carboxylic acid groups (broad SMARTS) is 1. The van der Waals surface area contributed by atoms with E-state index in [2.05, 4.69) is 25.1 Å². The van der Waals surface area contributed by atoms with Crippen molar-refractivity contribution >= 4 is 56.2 Å². The van der Waals surface area contributed by atoms with Crippen LogP contribution in [0.2, 0.25) is 0 Å². The number of benzene rings is 1. The number of β-lactam (4-membered cyclic amide) rings is 1. The molecule has 2 aliphatic carbocycles. The van der Waals surface area contributed by atoms with Crippen LogP contribution in [0.3, 0.4) is 0 Å². The summed E-state index contributed by atoms with van der Waals surface area (Å²) in [6.45, 7) is 3.99. The standard InChI is InChI=1S/C30H38N8O10S2/c1-29(2)23(26(40)38(29)48-50(43,44)45)36-25(39)22(19-12-49-28(33)35-19)37-47-30(3,27(41)42)21-9-5-13-10-14(4-8-20(13)46-21)24(32)34-18-7-6-17(31)15-11-16(15)18/h4,8,10,12,15-18,21,23H,5-7,9,11,31H2,1-3H3,(H2,32,34)(H2,33,35)(H,36,39)(H,41,42)(H,43,44,45)/b37-22-/t15-,16+,17-,18+,21+,23+,30-/m0/s1. The van der Waals surface area contributed by atoms with Gasteiger partial charge in [-0.25, -0.2) is 9.78 Å². The van der Waals surface area contributed by atoms with Gasteiger partial charge in [-0.15, -0.1) is 15.6 Å². The smallest absolute Gasteiger partial charge is 0.418 e. The number of nitrogens with two attached hydrogens (primary N) is 2. The average molecular weight is 735 g/mol. The van der Waals surface area contributed by atoms with Crippen LogP contribution in [0, 0.1) is 17.2 Å². The molecule has 9 N–H and O–H groups in total. The van der Waals surface area contributed by atoms with Crippen molar-refractivity contribution in [3.63, 3.8) is 0 Å². The van der Waals surface area contributed by atoms with Crippen molar-refractivity contribution < 1.29 is 46.3 Å². The molecule has 1 aromatic heterocycles. The summed E-state index contributed by atoms with van der Waals surface area (Å²) in [5.41, 5.74) is 9.25. The predicted molar refractivity (Wildman–Crippen MR) is 177 cm³/mol. The number of aliphatic carboxylic acids is 1. The fourth-order valence-electron chi connectivity index (χ4n) is 6.77. The maximum atomic E-state index is 13.5.